The largest absolute Gasteiger partial charge is 0.394 e. The van der Waals surface area contributed by atoms with Crippen LogP contribution in [0.1, 0.15) is 47.5 Å². The SMILES string of the molecule is CCC[C@@H]1C=C[C@H]2[C@@H](C(=O)N([C@@H](CO)C(C)C)[C@@H]2C(=O)Nc2ccc(N(CC)CC)cc2)[C@@H]1C(=O)NC. The van der Waals surface area contributed by atoms with E-state index in [1.165, 1.54) is 0 Å². The molecule has 1 saturated heterocycles. The van der Waals surface area contributed by atoms with Gasteiger partial charge in [-0.25, -0.2) is 0 Å². The van der Waals surface area contributed by atoms with Gasteiger partial charge in [0.15, 0.2) is 0 Å². The first kappa shape index (κ1) is 28.7. The minimum absolute atomic E-state index is 0.0633. The molecule has 0 saturated carbocycles. The smallest absolute Gasteiger partial charge is 0.247 e. The van der Waals surface area contributed by atoms with E-state index in [-0.39, 0.29) is 36.2 Å². The Kier molecular flexibility index (Phi) is 9.76. The zero-order chi connectivity index (χ0) is 27.3. The van der Waals surface area contributed by atoms with Gasteiger partial charge >= 0.3 is 0 Å². The van der Waals surface area contributed by atoms with Crippen molar-refractivity contribution in [1.29, 1.82) is 0 Å². The van der Waals surface area contributed by atoms with Crippen LogP contribution in [-0.2, 0) is 14.4 Å². The number of nitrogens with zero attached hydrogens (tertiary/aromatic N) is 2. The lowest BCUT2D eigenvalue weighted by atomic mass is 9.68. The number of carbonyl (C=O) groups excluding carboxylic acids is 3. The van der Waals surface area contributed by atoms with Gasteiger partial charge in [-0.1, -0.05) is 39.3 Å². The molecule has 0 radical (unpaired) electrons. The van der Waals surface area contributed by atoms with E-state index in [1.807, 2.05) is 50.3 Å². The second kappa shape index (κ2) is 12.6. The van der Waals surface area contributed by atoms with Crippen molar-refractivity contribution >= 4 is 29.1 Å². The van der Waals surface area contributed by atoms with Gasteiger partial charge in [-0.15, -0.1) is 0 Å². The van der Waals surface area contributed by atoms with Crippen LogP contribution in [0.4, 0.5) is 11.4 Å². The van der Waals surface area contributed by atoms with Gasteiger partial charge in [0.05, 0.1) is 24.5 Å². The summed E-state index contributed by atoms with van der Waals surface area (Å²) in [5.41, 5.74) is 1.72. The topological polar surface area (TPSA) is 102 Å². The third-order valence-electron chi connectivity index (χ3n) is 8.06. The number of allylic oxidation sites excluding steroid dienone is 1. The van der Waals surface area contributed by atoms with Crippen molar-refractivity contribution in [2.45, 2.75) is 59.5 Å². The molecule has 8 heteroatoms. The number of anilines is 2. The van der Waals surface area contributed by atoms with Crippen LogP contribution in [0, 0.1) is 29.6 Å². The number of benzene rings is 1. The summed E-state index contributed by atoms with van der Waals surface area (Å²) in [4.78, 5) is 44.7. The Morgan fingerprint density at radius 1 is 1.05 bits per heavy atom. The van der Waals surface area contributed by atoms with Crippen LogP contribution >= 0.6 is 0 Å². The summed E-state index contributed by atoms with van der Waals surface area (Å²) in [5, 5.41) is 16.0. The maximum atomic E-state index is 14.0. The second-order valence-electron chi connectivity index (χ2n) is 10.5. The van der Waals surface area contributed by atoms with Gasteiger partial charge in [-0.3, -0.25) is 14.4 Å². The van der Waals surface area contributed by atoms with Crippen LogP contribution in [0.5, 0.6) is 0 Å². The van der Waals surface area contributed by atoms with Crippen LogP contribution in [-0.4, -0.2) is 66.6 Å². The first-order chi connectivity index (χ1) is 17.7. The Morgan fingerprint density at radius 2 is 1.70 bits per heavy atom. The average molecular weight is 513 g/mol. The van der Waals surface area contributed by atoms with Crippen molar-refractivity contribution in [1.82, 2.24) is 10.2 Å². The highest BCUT2D eigenvalue weighted by Gasteiger charge is 2.58. The number of likely N-dealkylation sites (tertiary alicyclic amines) is 1. The van der Waals surface area contributed by atoms with Crippen LogP contribution in [0.25, 0.3) is 0 Å². The predicted molar refractivity (Wildman–Crippen MR) is 147 cm³/mol. The second-order valence-corrected chi connectivity index (χ2v) is 10.5. The van der Waals surface area contributed by atoms with E-state index < -0.39 is 29.8 Å². The van der Waals surface area contributed by atoms with Crippen molar-refractivity contribution in [3.63, 3.8) is 0 Å². The van der Waals surface area contributed by atoms with Crippen molar-refractivity contribution < 1.29 is 19.5 Å². The number of aliphatic hydroxyl groups is 1. The highest BCUT2D eigenvalue weighted by molar-refractivity contribution is 6.02. The molecule has 1 aliphatic carbocycles. The van der Waals surface area contributed by atoms with Gasteiger partial charge in [0.2, 0.25) is 17.7 Å². The highest BCUT2D eigenvalue weighted by Crippen LogP contribution is 2.46. The zero-order valence-corrected chi connectivity index (χ0v) is 23.1. The molecule has 1 aromatic carbocycles. The zero-order valence-electron chi connectivity index (χ0n) is 23.1. The van der Waals surface area contributed by atoms with Crippen LogP contribution in [0.2, 0.25) is 0 Å². The maximum absolute atomic E-state index is 14.0. The molecule has 0 spiro atoms. The van der Waals surface area contributed by atoms with Crippen LogP contribution in [0.3, 0.4) is 0 Å². The van der Waals surface area contributed by atoms with Gasteiger partial charge in [0, 0.05) is 37.4 Å². The van der Waals surface area contributed by atoms with Gasteiger partial charge in [0.25, 0.3) is 0 Å². The fourth-order valence-electron chi connectivity index (χ4n) is 6.12. The van der Waals surface area contributed by atoms with Crippen molar-refractivity contribution in [2.75, 3.05) is 37.0 Å². The summed E-state index contributed by atoms with van der Waals surface area (Å²) < 4.78 is 0. The number of aliphatic hydroxyl groups excluding tert-OH is 1. The van der Waals surface area contributed by atoms with E-state index >= 15 is 0 Å². The molecule has 1 heterocycles. The third-order valence-corrected chi connectivity index (χ3v) is 8.06. The average Bonchev–Trinajstić information content (AvgIpc) is 3.17. The van der Waals surface area contributed by atoms with E-state index in [0.29, 0.717) is 5.69 Å². The Morgan fingerprint density at radius 3 is 2.22 bits per heavy atom. The number of amides is 3. The molecule has 3 amide bonds. The third kappa shape index (κ3) is 5.69. The first-order valence-corrected chi connectivity index (χ1v) is 13.7. The van der Waals surface area contributed by atoms with Crippen molar-refractivity contribution in [3.8, 4) is 0 Å². The summed E-state index contributed by atoms with van der Waals surface area (Å²) in [6.45, 7) is 11.7. The number of rotatable bonds is 11. The molecule has 8 nitrogen and oxygen atoms in total. The molecular formula is C29H44N4O4. The molecule has 1 aliphatic heterocycles. The summed E-state index contributed by atoms with van der Waals surface area (Å²) in [7, 11) is 1.59. The first-order valence-electron chi connectivity index (χ1n) is 13.7. The van der Waals surface area contributed by atoms with E-state index in [2.05, 4.69) is 36.3 Å². The molecule has 37 heavy (non-hydrogen) atoms. The molecule has 6 atom stereocenters. The minimum Gasteiger partial charge on any atom is -0.394 e. The number of carbonyl (C=O) groups is 3. The Hall–Kier alpha value is -2.87. The summed E-state index contributed by atoms with van der Waals surface area (Å²) in [6.07, 6.45) is 5.65. The van der Waals surface area contributed by atoms with E-state index in [9.17, 15) is 19.5 Å². The molecule has 3 rings (SSSR count). The normalized spacial score (nSPS) is 25.7. The highest BCUT2D eigenvalue weighted by atomic mass is 16.3. The monoisotopic (exact) mass is 512 g/mol. The number of nitrogens with one attached hydrogen (secondary N) is 2. The Balaban J connectivity index is 1.99. The fourth-order valence-corrected chi connectivity index (χ4v) is 6.12. The summed E-state index contributed by atoms with van der Waals surface area (Å²) >= 11 is 0. The molecule has 0 aromatic heterocycles. The lowest BCUT2D eigenvalue weighted by molar-refractivity contribution is -0.143. The van der Waals surface area contributed by atoms with Gasteiger partial charge in [-0.05, 0) is 56.4 Å². The molecule has 204 valence electrons. The van der Waals surface area contributed by atoms with E-state index in [4.69, 9.17) is 0 Å². The quantitative estimate of drug-likeness (QED) is 0.395. The molecule has 0 unspecified atom stereocenters. The van der Waals surface area contributed by atoms with E-state index in [1.54, 1.807) is 11.9 Å². The predicted octanol–water partition coefficient (Wildman–Crippen LogP) is 3.28. The van der Waals surface area contributed by atoms with Gasteiger partial charge in [-0.2, -0.15) is 0 Å². The fraction of sp³-hybridized carbons (Fsp3) is 0.621. The number of fused-ring (bicyclic) bond motifs is 1. The van der Waals surface area contributed by atoms with Crippen LogP contribution in [0.15, 0.2) is 36.4 Å². The van der Waals surface area contributed by atoms with Gasteiger partial charge < -0.3 is 25.5 Å². The van der Waals surface area contributed by atoms with Crippen molar-refractivity contribution in [2.24, 2.45) is 29.6 Å². The van der Waals surface area contributed by atoms with E-state index in [0.717, 1.165) is 31.6 Å². The Bertz CT molecular complexity index is 973. The molecule has 3 N–H and O–H groups in total. The molecule has 1 fully saturated rings. The number of hydrogen-bond acceptors (Lipinski definition) is 5. The number of hydrogen-bond donors (Lipinski definition) is 3. The minimum atomic E-state index is -0.814. The van der Waals surface area contributed by atoms with Gasteiger partial charge in [0.1, 0.15) is 6.04 Å². The van der Waals surface area contributed by atoms with Crippen molar-refractivity contribution in [3.05, 3.63) is 36.4 Å². The summed E-state index contributed by atoms with van der Waals surface area (Å²) in [6, 6.07) is 6.36. The molecule has 2 aliphatic rings. The van der Waals surface area contributed by atoms with Crippen LogP contribution < -0.4 is 15.5 Å². The lowest BCUT2D eigenvalue weighted by Gasteiger charge is -2.35. The lowest BCUT2D eigenvalue weighted by Crippen LogP contribution is -2.52. The molecular weight excluding hydrogens is 468 g/mol. The molecule has 1 aromatic rings. The standard InChI is InChI=1S/C29H44N4O4/c1-7-10-19-11-16-22-25(24(19)27(35)30-6)29(37)33(23(17-34)18(4)5)26(22)28(36)31-20-12-14-21(15-13-20)32(8-2)9-3/h11-16,18-19,22-26,34H,7-10,17H2,1-6H3,(H,30,35)(H,31,36)/t19-,22+,23+,24-,25-,26+/m1/s1. The Labute approximate surface area is 221 Å². The maximum Gasteiger partial charge on any atom is 0.247 e. The molecule has 0 bridgehead atoms. The summed E-state index contributed by atoms with van der Waals surface area (Å²) in [5.74, 6) is -2.49.